The Morgan fingerprint density at radius 1 is 1.39 bits per heavy atom. The molecule has 0 fully saturated rings. The van der Waals surface area contributed by atoms with E-state index in [4.69, 9.17) is 9.47 Å². The molecule has 1 N–H and O–H groups in total. The fourth-order valence-corrected chi connectivity index (χ4v) is 2.43. The van der Waals surface area contributed by atoms with Gasteiger partial charge in [-0.3, -0.25) is 15.5 Å². The van der Waals surface area contributed by atoms with Crippen molar-refractivity contribution in [3.8, 4) is 11.5 Å². The van der Waals surface area contributed by atoms with Gasteiger partial charge in [0.15, 0.2) is 11.5 Å². The van der Waals surface area contributed by atoms with Crippen LogP contribution in [0.2, 0.25) is 0 Å². The topological polar surface area (TPSA) is 98.9 Å². The van der Waals surface area contributed by atoms with Crippen molar-refractivity contribution in [3.63, 3.8) is 0 Å². The van der Waals surface area contributed by atoms with Crippen LogP contribution in [0, 0.1) is 10.1 Å². The Bertz CT molecular complexity index is 752. The molecule has 1 aromatic carbocycles. The van der Waals surface area contributed by atoms with Gasteiger partial charge in [0.2, 0.25) is 5.82 Å². The van der Waals surface area contributed by atoms with E-state index in [1.807, 2.05) is 0 Å². The molecule has 0 saturated heterocycles. The third kappa shape index (κ3) is 3.95. The molecule has 2 rings (SSSR count). The second-order valence-electron chi connectivity index (χ2n) is 4.24. The number of hydrazone groups is 1. The number of hydrogen-bond donors (Lipinski definition) is 1. The number of nitrogens with zero attached hydrogens (tertiary/aromatic N) is 3. The standard InChI is InChI=1S/C14H13BrN4O4/c1-22-12-7-9(6-10(15)13(12)23-2)8-17-18-14-11(19(20)21)4-3-5-16-14/h3-8H,1-2H3,(H,16,18)/b17-8+. The van der Waals surface area contributed by atoms with Gasteiger partial charge in [-0.25, -0.2) is 4.98 Å². The van der Waals surface area contributed by atoms with Gasteiger partial charge in [-0.2, -0.15) is 5.10 Å². The van der Waals surface area contributed by atoms with Crippen LogP contribution in [0.4, 0.5) is 11.5 Å². The number of aromatic nitrogens is 1. The lowest BCUT2D eigenvalue weighted by Gasteiger charge is -2.10. The molecule has 0 aliphatic carbocycles. The van der Waals surface area contributed by atoms with E-state index >= 15 is 0 Å². The Balaban J connectivity index is 2.22. The molecule has 2 aromatic rings. The SMILES string of the molecule is COc1cc(/C=N/Nc2ncccc2[N+](=O)[O-])cc(Br)c1OC. The highest BCUT2D eigenvalue weighted by molar-refractivity contribution is 9.10. The molecule has 1 aromatic heterocycles. The molecule has 0 aliphatic heterocycles. The predicted molar refractivity (Wildman–Crippen MR) is 89.4 cm³/mol. The van der Waals surface area contributed by atoms with Crippen molar-refractivity contribution in [1.29, 1.82) is 0 Å². The van der Waals surface area contributed by atoms with E-state index < -0.39 is 4.92 Å². The molecule has 8 nitrogen and oxygen atoms in total. The summed E-state index contributed by atoms with van der Waals surface area (Å²) in [7, 11) is 3.07. The number of hydrogen-bond acceptors (Lipinski definition) is 7. The number of ether oxygens (including phenoxy) is 2. The molecule has 0 saturated carbocycles. The molecule has 0 amide bonds. The first-order chi connectivity index (χ1) is 11.1. The molecular formula is C14H13BrN4O4. The average Bonchev–Trinajstić information content (AvgIpc) is 2.54. The minimum atomic E-state index is -0.530. The molecule has 0 radical (unpaired) electrons. The highest BCUT2D eigenvalue weighted by atomic mass is 79.9. The average molecular weight is 381 g/mol. The Hall–Kier alpha value is -2.68. The zero-order chi connectivity index (χ0) is 16.8. The lowest BCUT2D eigenvalue weighted by Crippen LogP contribution is -1.99. The maximum atomic E-state index is 10.9. The molecule has 1 heterocycles. The second-order valence-corrected chi connectivity index (χ2v) is 5.09. The summed E-state index contributed by atoms with van der Waals surface area (Å²) in [4.78, 5) is 14.3. The number of methoxy groups -OCH3 is 2. The molecule has 0 unspecified atom stereocenters. The Morgan fingerprint density at radius 2 is 2.17 bits per heavy atom. The van der Waals surface area contributed by atoms with Crippen molar-refractivity contribution < 1.29 is 14.4 Å². The predicted octanol–water partition coefficient (Wildman–Crippen LogP) is 3.22. The van der Waals surface area contributed by atoms with Crippen molar-refractivity contribution in [3.05, 3.63) is 50.6 Å². The van der Waals surface area contributed by atoms with Crippen molar-refractivity contribution >= 4 is 33.6 Å². The molecule has 120 valence electrons. The zero-order valence-corrected chi connectivity index (χ0v) is 13.9. The number of anilines is 1. The van der Waals surface area contributed by atoms with Gasteiger partial charge in [0.1, 0.15) is 0 Å². The van der Waals surface area contributed by atoms with Crippen LogP contribution < -0.4 is 14.9 Å². The summed E-state index contributed by atoms with van der Waals surface area (Å²) in [6.07, 6.45) is 2.93. The van der Waals surface area contributed by atoms with Crippen molar-refractivity contribution in [1.82, 2.24) is 4.98 Å². The van der Waals surface area contributed by atoms with Crippen molar-refractivity contribution in [2.24, 2.45) is 5.10 Å². The van der Waals surface area contributed by atoms with E-state index in [2.05, 4.69) is 31.4 Å². The summed E-state index contributed by atoms with van der Waals surface area (Å²) in [6, 6.07) is 6.33. The monoisotopic (exact) mass is 380 g/mol. The van der Waals surface area contributed by atoms with Gasteiger partial charge in [-0.05, 0) is 39.7 Å². The first-order valence-electron chi connectivity index (χ1n) is 6.36. The number of halogens is 1. The molecule has 0 spiro atoms. The quantitative estimate of drug-likeness (QED) is 0.469. The summed E-state index contributed by atoms with van der Waals surface area (Å²) in [6.45, 7) is 0. The van der Waals surface area contributed by atoms with E-state index in [-0.39, 0.29) is 11.5 Å². The summed E-state index contributed by atoms with van der Waals surface area (Å²) in [5, 5.41) is 14.9. The van der Waals surface area contributed by atoms with E-state index in [0.29, 0.717) is 21.5 Å². The van der Waals surface area contributed by atoms with Crippen LogP contribution in [-0.2, 0) is 0 Å². The van der Waals surface area contributed by atoms with E-state index in [1.165, 1.54) is 38.8 Å². The van der Waals surface area contributed by atoms with Gasteiger partial charge in [0.05, 0.1) is 29.8 Å². The minimum Gasteiger partial charge on any atom is -0.493 e. The van der Waals surface area contributed by atoms with Crippen LogP contribution in [0.1, 0.15) is 5.56 Å². The van der Waals surface area contributed by atoms with Gasteiger partial charge in [-0.1, -0.05) is 0 Å². The summed E-state index contributed by atoms with van der Waals surface area (Å²) in [5.41, 5.74) is 3.11. The second kappa shape index (κ2) is 7.54. The van der Waals surface area contributed by atoms with Crippen LogP contribution in [0.5, 0.6) is 11.5 Å². The zero-order valence-electron chi connectivity index (χ0n) is 12.3. The molecule has 23 heavy (non-hydrogen) atoms. The number of benzene rings is 1. The van der Waals surface area contributed by atoms with Crippen LogP contribution >= 0.6 is 15.9 Å². The third-order valence-corrected chi connectivity index (χ3v) is 3.41. The molecule has 0 aliphatic rings. The molecule has 0 bridgehead atoms. The number of nitro groups is 1. The summed E-state index contributed by atoms with van der Waals surface area (Å²) in [5.74, 6) is 1.17. The first kappa shape index (κ1) is 16.7. The van der Waals surface area contributed by atoms with Gasteiger partial charge in [-0.15, -0.1) is 0 Å². The van der Waals surface area contributed by atoms with Crippen LogP contribution in [0.3, 0.4) is 0 Å². The normalized spacial score (nSPS) is 10.6. The minimum absolute atomic E-state index is 0.0632. The molecule has 9 heteroatoms. The van der Waals surface area contributed by atoms with Gasteiger partial charge in [0.25, 0.3) is 0 Å². The largest absolute Gasteiger partial charge is 0.493 e. The summed E-state index contributed by atoms with van der Waals surface area (Å²) < 4.78 is 11.2. The number of rotatable bonds is 6. The molecule has 0 atom stereocenters. The van der Waals surface area contributed by atoms with Crippen LogP contribution in [-0.4, -0.2) is 30.3 Å². The van der Waals surface area contributed by atoms with E-state index in [1.54, 1.807) is 12.1 Å². The maximum absolute atomic E-state index is 10.9. The van der Waals surface area contributed by atoms with Gasteiger partial charge < -0.3 is 9.47 Å². The smallest absolute Gasteiger partial charge is 0.313 e. The lowest BCUT2D eigenvalue weighted by molar-refractivity contribution is -0.384. The third-order valence-electron chi connectivity index (χ3n) is 2.82. The Kier molecular flexibility index (Phi) is 5.47. The van der Waals surface area contributed by atoms with E-state index in [9.17, 15) is 10.1 Å². The lowest BCUT2D eigenvalue weighted by atomic mass is 10.2. The van der Waals surface area contributed by atoms with Crippen LogP contribution in [0.25, 0.3) is 0 Å². The fraction of sp³-hybridized carbons (Fsp3) is 0.143. The highest BCUT2D eigenvalue weighted by Gasteiger charge is 2.13. The van der Waals surface area contributed by atoms with Crippen LogP contribution in [0.15, 0.2) is 40.0 Å². The first-order valence-corrected chi connectivity index (χ1v) is 7.16. The highest BCUT2D eigenvalue weighted by Crippen LogP contribution is 2.35. The number of nitrogens with one attached hydrogen (secondary N) is 1. The Morgan fingerprint density at radius 3 is 2.83 bits per heavy atom. The number of pyridine rings is 1. The van der Waals surface area contributed by atoms with Gasteiger partial charge in [0, 0.05) is 12.3 Å². The fourth-order valence-electron chi connectivity index (χ4n) is 1.81. The van der Waals surface area contributed by atoms with E-state index in [0.717, 1.165) is 0 Å². The van der Waals surface area contributed by atoms with Crippen molar-refractivity contribution in [2.75, 3.05) is 19.6 Å². The Labute approximate surface area is 140 Å². The molecular weight excluding hydrogens is 368 g/mol. The maximum Gasteiger partial charge on any atom is 0.313 e. The summed E-state index contributed by atoms with van der Waals surface area (Å²) >= 11 is 3.38. The van der Waals surface area contributed by atoms with Crippen molar-refractivity contribution in [2.45, 2.75) is 0 Å². The van der Waals surface area contributed by atoms with Gasteiger partial charge >= 0.3 is 5.69 Å².